The quantitative estimate of drug-likeness (QED) is 0.343. The highest BCUT2D eigenvalue weighted by Crippen LogP contribution is 2.42. The highest BCUT2D eigenvalue weighted by Gasteiger charge is 2.42. The molecule has 2 aromatic carbocycles. The molecule has 1 saturated heterocycles. The summed E-state index contributed by atoms with van der Waals surface area (Å²) in [5.41, 5.74) is 5.99. The van der Waals surface area contributed by atoms with Gasteiger partial charge in [0.05, 0.1) is 16.8 Å². The van der Waals surface area contributed by atoms with E-state index in [4.69, 9.17) is 23.8 Å². The molecule has 5 rings (SSSR count). The van der Waals surface area contributed by atoms with Crippen molar-refractivity contribution in [2.24, 2.45) is 0 Å². The summed E-state index contributed by atoms with van der Waals surface area (Å²) >= 11 is 12.0. The van der Waals surface area contributed by atoms with Gasteiger partial charge in [-0.3, -0.25) is 4.98 Å². The molecule has 0 bridgehead atoms. The summed E-state index contributed by atoms with van der Waals surface area (Å²) in [7, 11) is 0. The van der Waals surface area contributed by atoms with Crippen molar-refractivity contribution in [3.8, 4) is 5.69 Å². The van der Waals surface area contributed by atoms with Gasteiger partial charge in [-0.15, -0.1) is 0 Å². The second-order valence-electron chi connectivity index (χ2n) is 8.24. The van der Waals surface area contributed by atoms with Gasteiger partial charge in [0.2, 0.25) is 0 Å². The summed E-state index contributed by atoms with van der Waals surface area (Å²) in [6.45, 7) is 4.16. The number of aromatic nitrogens is 2. The number of benzene rings is 2. The molecular formula is C26H22ClFN4S. The molecule has 0 amide bonds. The summed E-state index contributed by atoms with van der Waals surface area (Å²) < 4.78 is 15.9. The highest BCUT2D eigenvalue weighted by atomic mass is 35.5. The highest BCUT2D eigenvalue weighted by molar-refractivity contribution is 7.80. The van der Waals surface area contributed by atoms with E-state index in [1.807, 2.05) is 35.0 Å². The first-order valence-corrected chi connectivity index (χ1v) is 11.4. The minimum atomic E-state index is -0.443. The molecule has 1 aliphatic rings. The van der Waals surface area contributed by atoms with E-state index in [1.54, 1.807) is 18.3 Å². The first kappa shape index (κ1) is 21.6. The standard InChI is InChI=1S/C26H22ClFN4S/c1-16-12-17(2)14-19(13-16)32-25(24(30-26(32)33)22-6-3-4-10-29-22)23-7-5-11-31(23)18-8-9-21(28)20(27)15-18/h3-15,24-25H,1-2H3,(H,30,33)/t24-,25-/m1/s1. The Morgan fingerprint density at radius 2 is 1.76 bits per heavy atom. The normalized spacial score (nSPS) is 17.9. The summed E-state index contributed by atoms with van der Waals surface area (Å²) in [5, 5.41) is 4.20. The van der Waals surface area contributed by atoms with E-state index in [2.05, 4.69) is 53.3 Å². The van der Waals surface area contributed by atoms with E-state index in [-0.39, 0.29) is 17.1 Å². The number of aryl methyl sites for hydroxylation is 2. The lowest BCUT2D eigenvalue weighted by molar-refractivity contribution is 0.549. The molecule has 0 saturated carbocycles. The van der Waals surface area contributed by atoms with E-state index in [0.717, 1.165) is 33.9 Å². The van der Waals surface area contributed by atoms with Crippen molar-refractivity contribution >= 4 is 34.6 Å². The third kappa shape index (κ3) is 4.01. The molecule has 3 heterocycles. The Labute approximate surface area is 202 Å². The second-order valence-corrected chi connectivity index (χ2v) is 9.04. The van der Waals surface area contributed by atoms with E-state index in [9.17, 15) is 4.39 Å². The number of nitrogens with one attached hydrogen (secondary N) is 1. The molecule has 2 aromatic heterocycles. The van der Waals surface area contributed by atoms with Crippen molar-refractivity contribution in [2.75, 3.05) is 4.90 Å². The first-order chi connectivity index (χ1) is 15.9. The van der Waals surface area contributed by atoms with Gasteiger partial charge in [-0.25, -0.2) is 4.39 Å². The summed E-state index contributed by atoms with van der Waals surface area (Å²) in [5.74, 6) is -0.443. The third-order valence-corrected chi connectivity index (χ3v) is 6.45. The maximum Gasteiger partial charge on any atom is 0.174 e. The van der Waals surface area contributed by atoms with Gasteiger partial charge in [0, 0.05) is 29.5 Å². The number of hydrogen-bond acceptors (Lipinski definition) is 2. The Kier molecular flexibility index (Phi) is 5.64. The van der Waals surface area contributed by atoms with Crippen molar-refractivity contribution in [3.05, 3.63) is 112 Å². The van der Waals surface area contributed by atoms with Crippen LogP contribution in [0.25, 0.3) is 5.69 Å². The lowest BCUT2D eigenvalue weighted by atomic mass is 10.00. The Morgan fingerprint density at radius 1 is 0.970 bits per heavy atom. The molecule has 0 spiro atoms. The SMILES string of the molecule is Cc1cc(C)cc(N2C(=S)N[C@H](c3ccccn3)[C@H]2c2cccn2-c2ccc(F)c(Cl)c2)c1. The van der Waals surface area contributed by atoms with E-state index >= 15 is 0 Å². The van der Waals surface area contributed by atoms with Crippen molar-refractivity contribution < 1.29 is 4.39 Å². The Bertz CT molecular complexity index is 1320. The fourth-order valence-corrected chi connectivity index (χ4v) is 5.05. The van der Waals surface area contributed by atoms with Crippen LogP contribution in [0.1, 0.15) is 34.6 Å². The number of hydrogen-bond donors (Lipinski definition) is 1. The minimum Gasteiger partial charge on any atom is -0.351 e. The second kappa shape index (κ2) is 8.61. The van der Waals surface area contributed by atoms with E-state index in [0.29, 0.717) is 5.11 Å². The van der Waals surface area contributed by atoms with Crippen molar-refractivity contribution in [3.63, 3.8) is 0 Å². The maximum absolute atomic E-state index is 13.9. The zero-order valence-electron chi connectivity index (χ0n) is 18.2. The van der Waals surface area contributed by atoms with Gasteiger partial charge in [0.1, 0.15) is 11.9 Å². The Balaban J connectivity index is 1.69. The topological polar surface area (TPSA) is 33.1 Å². The fraction of sp³-hybridized carbons (Fsp3) is 0.154. The smallest absolute Gasteiger partial charge is 0.174 e. The molecule has 7 heteroatoms. The predicted octanol–water partition coefficient (Wildman–Crippen LogP) is 6.46. The third-order valence-electron chi connectivity index (χ3n) is 5.85. The molecule has 33 heavy (non-hydrogen) atoms. The van der Waals surface area contributed by atoms with E-state index < -0.39 is 5.82 Å². The molecule has 1 N–H and O–H groups in total. The molecule has 4 nitrogen and oxygen atoms in total. The van der Waals surface area contributed by atoms with Crippen molar-refractivity contribution in [2.45, 2.75) is 25.9 Å². The zero-order chi connectivity index (χ0) is 23.1. The van der Waals surface area contributed by atoms with Gasteiger partial charge in [-0.1, -0.05) is 23.7 Å². The average Bonchev–Trinajstić information content (AvgIpc) is 3.40. The van der Waals surface area contributed by atoms with Gasteiger partial charge in [0.15, 0.2) is 5.11 Å². The number of halogens is 2. The molecule has 0 aliphatic carbocycles. The van der Waals surface area contributed by atoms with Crippen LogP contribution < -0.4 is 10.2 Å². The Hall–Kier alpha value is -3.22. The van der Waals surface area contributed by atoms with Gasteiger partial charge in [0.25, 0.3) is 0 Å². The molecule has 4 aromatic rings. The number of pyridine rings is 1. The average molecular weight is 477 g/mol. The molecule has 0 radical (unpaired) electrons. The van der Waals surface area contributed by atoms with Crippen LogP contribution in [0.15, 0.2) is 79.1 Å². The van der Waals surface area contributed by atoms with Crippen LogP contribution >= 0.6 is 23.8 Å². The van der Waals surface area contributed by atoms with Gasteiger partial charge >= 0.3 is 0 Å². The molecule has 0 unspecified atom stereocenters. The van der Waals surface area contributed by atoms with Crippen LogP contribution in [0.5, 0.6) is 0 Å². The van der Waals surface area contributed by atoms with Crippen LogP contribution in [0.3, 0.4) is 0 Å². The van der Waals surface area contributed by atoms with Crippen molar-refractivity contribution in [1.82, 2.24) is 14.9 Å². The fourth-order valence-electron chi connectivity index (χ4n) is 4.53. The molecule has 1 aliphatic heterocycles. The number of thiocarbonyl (C=S) groups is 1. The Morgan fingerprint density at radius 3 is 2.45 bits per heavy atom. The van der Waals surface area contributed by atoms with Crippen LogP contribution in [0.2, 0.25) is 5.02 Å². The van der Waals surface area contributed by atoms with Crippen LogP contribution in [-0.2, 0) is 0 Å². The number of rotatable bonds is 4. The summed E-state index contributed by atoms with van der Waals surface area (Å²) in [6, 6.07) is 20.7. The lowest BCUT2D eigenvalue weighted by Gasteiger charge is -2.29. The molecular weight excluding hydrogens is 455 g/mol. The molecule has 1 fully saturated rings. The summed E-state index contributed by atoms with van der Waals surface area (Å²) in [4.78, 5) is 6.76. The van der Waals surface area contributed by atoms with Crippen molar-refractivity contribution in [1.29, 1.82) is 0 Å². The summed E-state index contributed by atoms with van der Waals surface area (Å²) in [6.07, 6.45) is 3.74. The zero-order valence-corrected chi connectivity index (χ0v) is 19.7. The monoisotopic (exact) mass is 476 g/mol. The van der Waals surface area contributed by atoms with E-state index in [1.165, 1.54) is 6.07 Å². The van der Waals surface area contributed by atoms with Gasteiger partial charge in [-0.05, 0) is 91.8 Å². The maximum atomic E-state index is 13.9. The van der Waals surface area contributed by atoms with Gasteiger partial charge in [-0.2, -0.15) is 0 Å². The number of nitrogens with zero attached hydrogens (tertiary/aromatic N) is 3. The minimum absolute atomic E-state index is 0.0830. The van der Waals surface area contributed by atoms with Gasteiger partial charge < -0.3 is 14.8 Å². The lowest BCUT2D eigenvalue weighted by Crippen LogP contribution is -2.30. The predicted molar refractivity (Wildman–Crippen MR) is 135 cm³/mol. The van der Waals surface area contributed by atoms with Crippen LogP contribution in [0, 0.1) is 19.7 Å². The molecule has 2 atom stereocenters. The molecule has 166 valence electrons. The van der Waals surface area contributed by atoms with Crippen LogP contribution in [0.4, 0.5) is 10.1 Å². The number of anilines is 1. The first-order valence-electron chi connectivity index (χ1n) is 10.6. The largest absolute Gasteiger partial charge is 0.351 e. The van der Waals surface area contributed by atoms with Crippen LogP contribution in [-0.4, -0.2) is 14.7 Å².